The number of nitrogens with zero attached hydrogens (tertiary/aromatic N) is 1. The summed E-state index contributed by atoms with van der Waals surface area (Å²) in [4.78, 5) is 2.35. The van der Waals surface area contributed by atoms with Gasteiger partial charge in [-0.05, 0) is 44.7 Å². The zero-order chi connectivity index (χ0) is 14.1. The van der Waals surface area contributed by atoms with Crippen molar-refractivity contribution in [2.45, 2.75) is 50.8 Å². The van der Waals surface area contributed by atoms with Gasteiger partial charge in [0, 0.05) is 23.8 Å². The largest absolute Gasteiger partial charge is 0.374 e. The molecule has 3 nitrogen and oxygen atoms in total. The Labute approximate surface area is 119 Å². The minimum absolute atomic E-state index is 0.0361. The molecule has 0 spiro atoms. The highest BCUT2D eigenvalue weighted by Gasteiger charge is 2.37. The predicted molar refractivity (Wildman–Crippen MR) is 78.5 cm³/mol. The Bertz CT molecular complexity index is 478. The van der Waals surface area contributed by atoms with Crippen molar-refractivity contribution in [3.63, 3.8) is 0 Å². The van der Waals surface area contributed by atoms with Gasteiger partial charge >= 0.3 is 0 Å². The number of hydrogen-bond donors (Lipinski definition) is 1. The maximum absolute atomic E-state index is 14.2. The molecule has 1 aliphatic carbocycles. The van der Waals surface area contributed by atoms with E-state index in [1.807, 2.05) is 13.0 Å². The lowest BCUT2D eigenvalue weighted by molar-refractivity contribution is 0.0255. The molecule has 3 unspecified atom stereocenters. The third-order valence-corrected chi connectivity index (χ3v) is 4.41. The molecule has 1 saturated heterocycles. The Morgan fingerprint density at radius 3 is 3.10 bits per heavy atom. The van der Waals surface area contributed by atoms with Gasteiger partial charge in [-0.1, -0.05) is 6.07 Å². The van der Waals surface area contributed by atoms with Crippen LogP contribution in [0.4, 0.5) is 10.1 Å². The van der Waals surface area contributed by atoms with Gasteiger partial charge in [-0.2, -0.15) is 0 Å². The molecule has 0 bridgehead atoms. The van der Waals surface area contributed by atoms with E-state index in [1.54, 1.807) is 6.07 Å². The van der Waals surface area contributed by atoms with Gasteiger partial charge in [0.25, 0.3) is 0 Å². The van der Waals surface area contributed by atoms with E-state index in [-0.39, 0.29) is 11.9 Å². The maximum atomic E-state index is 14.2. The molecule has 0 radical (unpaired) electrons. The molecule has 1 saturated carbocycles. The molecule has 1 heterocycles. The van der Waals surface area contributed by atoms with E-state index in [1.165, 1.54) is 12.5 Å². The van der Waals surface area contributed by atoms with E-state index in [2.05, 4.69) is 4.90 Å². The Balaban J connectivity index is 1.94. The second kappa shape index (κ2) is 5.70. The van der Waals surface area contributed by atoms with Crippen molar-refractivity contribution in [2.24, 2.45) is 5.73 Å². The van der Waals surface area contributed by atoms with Crippen molar-refractivity contribution in [1.82, 2.24) is 0 Å². The molecule has 3 rings (SSSR count). The number of fused-ring (bicyclic) bond motifs is 1. The third-order valence-electron chi connectivity index (χ3n) is 4.41. The molecule has 2 fully saturated rings. The predicted octanol–water partition coefficient (Wildman–Crippen LogP) is 2.47. The standard InChI is InChI=1S/C16H23FN2O/c1-11(18)10-12-13(17)4-2-5-14(12)19-8-9-20-16-7-3-6-15(16)19/h2,4-5,11,15-16H,3,6-10,18H2,1H3. The highest BCUT2D eigenvalue weighted by atomic mass is 19.1. The summed E-state index contributed by atoms with van der Waals surface area (Å²) in [5.74, 6) is -0.138. The van der Waals surface area contributed by atoms with E-state index in [4.69, 9.17) is 10.5 Å². The van der Waals surface area contributed by atoms with Gasteiger partial charge in [-0.25, -0.2) is 4.39 Å². The number of morpholine rings is 1. The monoisotopic (exact) mass is 278 g/mol. The summed E-state index contributed by atoms with van der Waals surface area (Å²) in [6, 6.07) is 5.73. The highest BCUT2D eigenvalue weighted by molar-refractivity contribution is 5.56. The van der Waals surface area contributed by atoms with Crippen LogP contribution in [0.1, 0.15) is 31.7 Å². The van der Waals surface area contributed by atoms with E-state index in [9.17, 15) is 4.39 Å². The van der Waals surface area contributed by atoms with Crippen LogP contribution in [0, 0.1) is 5.82 Å². The molecule has 4 heteroatoms. The average Bonchev–Trinajstić information content (AvgIpc) is 2.89. The van der Waals surface area contributed by atoms with Crippen molar-refractivity contribution < 1.29 is 9.13 Å². The lowest BCUT2D eigenvalue weighted by Crippen LogP contribution is -2.49. The zero-order valence-corrected chi connectivity index (χ0v) is 12.0. The summed E-state index contributed by atoms with van der Waals surface area (Å²) in [5.41, 5.74) is 7.66. The van der Waals surface area contributed by atoms with Crippen molar-refractivity contribution in [1.29, 1.82) is 0 Å². The molecular formula is C16H23FN2O. The highest BCUT2D eigenvalue weighted by Crippen LogP contribution is 2.35. The van der Waals surface area contributed by atoms with Crippen LogP contribution >= 0.6 is 0 Å². The van der Waals surface area contributed by atoms with Gasteiger partial charge in [0.2, 0.25) is 0 Å². The Kier molecular flexibility index (Phi) is 3.94. The van der Waals surface area contributed by atoms with Crippen molar-refractivity contribution in [3.05, 3.63) is 29.6 Å². The number of hydrogen-bond acceptors (Lipinski definition) is 3. The fourth-order valence-electron chi connectivity index (χ4n) is 3.57. The van der Waals surface area contributed by atoms with Crippen LogP contribution in [-0.2, 0) is 11.2 Å². The lowest BCUT2D eigenvalue weighted by Gasteiger charge is -2.40. The lowest BCUT2D eigenvalue weighted by atomic mass is 10.0. The number of nitrogens with two attached hydrogens (primary N) is 1. The number of benzene rings is 1. The molecule has 1 aromatic rings. The smallest absolute Gasteiger partial charge is 0.128 e. The van der Waals surface area contributed by atoms with E-state index in [0.717, 1.165) is 37.2 Å². The van der Waals surface area contributed by atoms with Crippen LogP contribution in [0.3, 0.4) is 0 Å². The van der Waals surface area contributed by atoms with Crippen molar-refractivity contribution in [2.75, 3.05) is 18.1 Å². The van der Waals surface area contributed by atoms with E-state index >= 15 is 0 Å². The molecule has 2 aliphatic rings. The number of halogens is 1. The number of anilines is 1. The van der Waals surface area contributed by atoms with Crippen molar-refractivity contribution >= 4 is 5.69 Å². The molecule has 1 aromatic carbocycles. The van der Waals surface area contributed by atoms with Crippen molar-refractivity contribution in [3.8, 4) is 0 Å². The molecular weight excluding hydrogens is 255 g/mol. The summed E-state index contributed by atoms with van der Waals surface area (Å²) >= 11 is 0. The normalized spacial score (nSPS) is 27.4. The summed E-state index contributed by atoms with van der Waals surface area (Å²) < 4.78 is 20.0. The summed E-state index contributed by atoms with van der Waals surface area (Å²) in [6.07, 6.45) is 4.36. The Hall–Kier alpha value is -1.13. The minimum Gasteiger partial charge on any atom is -0.374 e. The van der Waals surface area contributed by atoms with Gasteiger partial charge in [-0.15, -0.1) is 0 Å². The first-order chi connectivity index (χ1) is 9.66. The number of rotatable bonds is 3. The zero-order valence-electron chi connectivity index (χ0n) is 12.0. The van der Waals surface area contributed by atoms with Crippen LogP contribution < -0.4 is 10.6 Å². The molecule has 0 amide bonds. The van der Waals surface area contributed by atoms with Crippen LogP contribution in [-0.4, -0.2) is 31.3 Å². The van der Waals surface area contributed by atoms with Crippen LogP contribution in [0.5, 0.6) is 0 Å². The fourth-order valence-corrected chi connectivity index (χ4v) is 3.57. The van der Waals surface area contributed by atoms with Gasteiger partial charge < -0.3 is 15.4 Å². The van der Waals surface area contributed by atoms with Gasteiger partial charge in [-0.3, -0.25) is 0 Å². The molecule has 0 aromatic heterocycles. The van der Waals surface area contributed by atoms with Gasteiger partial charge in [0.1, 0.15) is 5.82 Å². The molecule has 1 aliphatic heterocycles. The molecule has 110 valence electrons. The van der Waals surface area contributed by atoms with Gasteiger partial charge in [0.05, 0.1) is 18.8 Å². The first-order valence-electron chi connectivity index (χ1n) is 7.58. The molecule has 2 N–H and O–H groups in total. The van der Waals surface area contributed by atoms with Gasteiger partial charge in [0.15, 0.2) is 0 Å². The second-order valence-corrected chi connectivity index (χ2v) is 6.02. The molecule has 20 heavy (non-hydrogen) atoms. The maximum Gasteiger partial charge on any atom is 0.128 e. The van der Waals surface area contributed by atoms with Crippen LogP contribution in [0.15, 0.2) is 18.2 Å². The average molecular weight is 278 g/mol. The first-order valence-corrected chi connectivity index (χ1v) is 7.58. The third kappa shape index (κ3) is 2.54. The van der Waals surface area contributed by atoms with Crippen LogP contribution in [0.2, 0.25) is 0 Å². The summed E-state index contributed by atoms with van der Waals surface area (Å²) in [7, 11) is 0. The summed E-state index contributed by atoms with van der Waals surface area (Å²) in [6.45, 7) is 3.50. The van der Waals surface area contributed by atoms with Crippen LogP contribution in [0.25, 0.3) is 0 Å². The Morgan fingerprint density at radius 2 is 2.30 bits per heavy atom. The number of ether oxygens (including phenoxy) is 1. The second-order valence-electron chi connectivity index (χ2n) is 6.02. The first kappa shape index (κ1) is 13.8. The SMILES string of the molecule is CC(N)Cc1c(F)cccc1N1CCOC2CCCC21. The topological polar surface area (TPSA) is 38.5 Å². The van der Waals surface area contributed by atoms with E-state index < -0.39 is 0 Å². The Morgan fingerprint density at radius 1 is 1.45 bits per heavy atom. The summed E-state index contributed by atoms with van der Waals surface area (Å²) in [5, 5.41) is 0. The quantitative estimate of drug-likeness (QED) is 0.923. The molecule has 3 atom stereocenters. The minimum atomic E-state index is -0.138. The van der Waals surface area contributed by atoms with E-state index in [0.29, 0.717) is 18.6 Å². The fraction of sp³-hybridized carbons (Fsp3) is 0.625.